The van der Waals surface area contributed by atoms with Crippen molar-refractivity contribution in [3.63, 3.8) is 0 Å². The van der Waals surface area contributed by atoms with Crippen molar-refractivity contribution in [2.75, 3.05) is 0 Å². The molecule has 1 N–H and O–H groups in total. The first-order valence-corrected chi connectivity index (χ1v) is 8.32. The third-order valence-electron chi connectivity index (χ3n) is 3.73. The van der Waals surface area contributed by atoms with Crippen LogP contribution in [0.3, 0.4) is 0 Å². The van der Waals surface area contributed by atoms with Crippen LogP contribution in [-0.2, 0) is 0 Å². The molecule has 2 atom stereocenters. The first-order valence-electron chi connectivity index (χ1n) is 8.32. The Morgan fingerprint density at radius 3 is 2.21 bits per heavy atom. The monoisotopic (exact) mass is 266 g/mol. The first-order chi connectivity index (χ1) is 9.19. The summed E-state index contributed by atoms with van der Waals surface area (Å²) in [5, 5.41) is 10.2. The Kier molecular flexibility index (Phi) is 12.2. The van der Waals surface area contributed by atoms with Crippen molar-refractivity contribution in [1.82, 2.24) is 0 Å². The maximum Gasteiger partial charge on any atom is 0.0608 e. The van der Waals surface area contributed by atoms with Gasteiger partial charge in [-0.1, -0.05) is 53.4 Å². The molecular formula is C18H34O. The third-order valence-corrected chi connectivity index (χ3v) is 3.73. The van der Waals surface area contributed by atoms with Gasteiger partial charge < -0.3 is 5.11 Å². The van der Waals surface area contributed by atoms with Crippen LogP contribution in [0.15, 0.2) is 17.4 Å². The van der Waals surface area contributed by atoms with E-state index in [1.165, 1.54) is 31.3 Å². The third kappa shape index (κ3) is 9.08. The van der Waals surface area contributed by atoms with Crippen LogP contribution in [0, 0.1) is 5.92 Å². The highest BCUT2D eigenvalue weighted by Crippen LogP contribution is 2.19. The SMILES string of the molecule is CCCCC(=C=C[C@@H](CCCC)[C@@H](O)CCC)CC. The summed E-state index contributed by atoms with van der Waals surface area (Å²) in [7, 11) is 0. The Labute approximate surface area is 120 Å². The molecule has 0 saturated carbocycles. The second-order valence-electron chi connectivity index (χ2n) is 5.53. The Bertz CT molecular complexity index is 261. The van der Waals surface area contributed by atoms with E-state index in [0.29, 0.717) is 5.92 Å². The molecule has 0 aliphatic heterocycles. The van der Waals surface area contributed by atoms with Crippen molar-refractivity contribution in [3.05, 3.63) is 17.4 Å². The summed E-state index contributed by atoms with van der Waals surface area (Å²) in [6.45, 7) is 8.78. The molecule has 0 spiro atoms. The van der Waals surface area contributed by atoms with Gasteiger partial charge >= 0.3 is 0 Å². The van der Waals surface area contributed by atoms with Crippen molar-refractivity contribution in [2.24, 2.45) is 5.92 Å². The van der Waals surface area contributed by atoms with Gasteiger partial charge in [-0.2, -0.15) is 0 Å². The summed E-state index contributed by atoms with van der Waals surface area (Å²) in [5.41, 5.74) is 4.89. The Morgan fingerprint density at radius 1 is 1.00 bits per heavy atom. The number of rotatable bonds is 11. The molecular weight excluding hydrogens is 232 g/mol. The maximum absolute atomic E-state index is 10.2. The summed E-state index contributed by atoms with van der Waals surface area (Å²) in [6, 6.07) is 0. The van der Waals surface area contributed by atoms with E-state index in [4.69, 9.17) is 0 Å². The van der Waals surface area contributed by atoms with Crippen LogP contribution in [0.1, 0.15) is 85.5 Å². The minimum Gasteiger partial charge on any atom is -0.392 e. The molecule has 0 saturated heterocycles. The predicted octanol–water partition coefficient (Wildman–Crippen LogP) is 5.64. The van der Waals surface area contributed by atoms with Gasteiger partial charge in [0, 0.05) is 5.92 Å². The molecule has 0 fully saturated rings. The lowest BCUT2D eigenvalue weighted by molar-refractivity contribution is 0.114. The first kappa shape index (κ1) is 18.5. The minimum atomic E-state index is -0.187. The average molecular weight is 266 g/mol. The molecule has 112 valence electrons. The second-order valence-corrected chi connectivity index (χ2v) is 5.53. The van der Waals surface area contributed by atoms with E-state index in [0.717, 1.165) is 32.1 Å². The van der Waals surface area contributed by atoms with Crippen LogP contribution in [0.5, 0.6) is 0 Å². The zero-order valence-corrected chi connectivity index (χ0v) is 13.5. The molecule has 19 heavy (non-hydrogen) atoms. The molecule has 0 amide bonds. The van der Waals surface area contributed by atoms with Crippen molar-refractivity contribution in [3.8, 4) is 0 Å². The fourth-order valence-electron chi connectivity index (χ4n) is 2.30. The molecule has 0 aliphatic rings. The van der Waals surface area contributed by atoms with Crippen molar-refractivity contribution < 1.29 is 5.11 Å². The van der Waals surface area contributed by atoms with E-state index in [-0.39, 0.29) is 6.10 Å². The quantitative estimate of drug-likeness (QED) is 0.480. The molecule has 0 aromatic rings. The van der Waals surface area contributed by atoms with Crippen LogP contribution < -0.4 is 0 Å². The summed E-state index contributed by atoms with van der Waals surface area (Å²) in [6.07, 6.45) is 12.1. The summed E-state index contributed by atoms with van der Waals surface area (Å²) in [4.78, 5) is 0. The summed E-state index contributed by atoms with van der Waals surface area (Å²) < 4.78 is 0. The van der Waals surface area contributed by atoms with Crippen molar-refractivity contribution in [1.29, 1.82) is 0 Å². The molecule has 0 heterocycles. The van der Waals surface area contributed by atoms with Gasteiger partial charge in [0.25, 0.3) is 0 Å². The lowest BCUT2D eigenvalue weighted by Crippen LogP contribution is -2.18. The minimum absolute atomic E-state index is 0.187. The second kappa shape index (κ2) is 12.5. The van der Waals surface area contributed by atoms with E-state index in [1.54, 1.807) is 0 Å². The Balaban J connectivity index is 4.68. The Hall–Kier alpha value is -0.520. The highest BCUT2D eigenvalue weighted by Gasteiger charge is 2.14. The topological polar surface area (TPSA) is 20.2 Å². The van der Waals surface area contributed by atoms with Gasteiger partial charge in [-0.15, -0.1) is 5.73 Å². The smallest absolute Gasteiger partial charge is 0.0608 e. The molecule has 1 heteroatoms. The Morgan fingerprint density at radius 2 is 1.68 bits per heavy atom. The number of unbranched alkanes of at least 4 members (excludes halogenated alkanes) is 2. The fraction of sp³-hybridized carbons (Fsp3) is 0.833. The normalized spacial score (nSPS) is 13.7. The van der Waals surface area contributed by atoms with Gasteiger partial charge in [0.1, 0.15) is 0 Å². The molecule has 0 rings (SSSR count). The van der Waals surface area contributed by atoms with Gasteiger partial charge in [-0.3, -0.25) is 0 Å². The van der Waals surface area contributed by atoms with E-state index in [2.05, 4.69) is 39.5 Å². The molecule has 0 unspecified atom stereocenters. The summed E-state index contributed by atoms with van der Waals surface area (Å²) in [5.74, 6) is 0.295. The zero-order chi connectivity index (χ0) is 14.5. The maximum atomic E-state index is 10.2. The highest BCUT2D eigenvalue weighted by molar-refractivity contribution is 5.03. The average Bonchev–Trinajstić information content (AvgIpc) is 2.42. The van der Waals surface area contributed by atoms with Gasteiger partial charge in [-0.25, -0.2) is 0 Å². The van der Waals surface area contributed by atoms with E-state index in [1.807, 2.05) is 0 Å². The number of hydrogen-bond acceptors (Lipinski definition) is 1. The number of aliphatic hydroxyl groups excluding tert-OH is 1. The largest absolute Gasteiger partial charge is 0.392 e. The summed E-state index contributed by atoms with van der Waals surface area (Å²) >= 11 is 0. The van der Waals surface area contributed by atoms with Gasteiger partial charge in [0.15, 0.2) is 0 Å². The lowest BCUT2D eigenvalue weighted by Gasteiger charge is -2.18. The molecule has 0 aliphatic carbocycles. The lowest BCUT2D eigenvalue weighted by atomic mass is 9.92. The van der Waals surface area contributed by atoms with Crippen LogP contribution in [0.25, 0.3) is 0 Å². The standard InChI is InChI=1S/C18H34O/c1-5-9-12-16(8-4)14-15-17(13-10-6-2)18(19)11-7-3/h15,17-19H,5-13H2,1-4H3/t14?,17-,18+/m1/s1. The predicted molar refractivity (Wildman–Crippen MR) is 85.3 cm³/mol. The van der Waals surface area contributed by atoms with Crippen LogP contribution in [0.2, 0.25) is 0 Å². The molecule has 0 bridgehead atoms. The van der Waals surface area contributed by atoms with Crippen molar-refractivity contribution >= 4 is 0 Å². The van der Waals surface area contributed by atoms with E-state index < -0.39 is 0 Å². The van der Waals surface area contributed by atoms with E-state index in [9.17, 15) is 5.11 Å². The van der Waals surface area contributed by atoms with Crippen LogP contribution >= 0.6 is 0 Å². The van der Waals surface area contributed by atoms with Gasteiger partial charge in [-0.05, 0) is 43.8 Å². The molecule has 1 nitrogen and oxygen atoms in total. The molecule has 0 radical (unpaired) electrons. The van der Waals surface area contributed by atoms with Crippen LogP contribution in [0.4, 0.5) is 0 Å². The fourth-order valence-corrected chi connectivity index (χ4v) is 2.30. The number of hydrogen-bond donors (Lipinski definition) is 1. The van der Waals surface area contributed by atoms with E-state index >= 15 is 0 Å². The zero-order valence-electron chi connectivity index (χ0n) is 13.5. The van der Waals surface area contributed by atoms with Gasteiger partial charge in [0.2, 0.25) is 0 Å². The molecule has 0 aromatic heterocycles. The van der Waals surface area contributed by atoms with Crippen LogP contribution in [-0.4, -0.2) is 11.2 Å². The highest BCUT2D eigenvalue weighted by atomic mass is 16.3. The van der Waals surface area contributed by atoms with Gasteiger partial charge in [0.05, 0.1) is 6.10 Å². The van der Waals surface area contributed by atoms with Crippen molar-refractivity contribution in [2.45, 2.75) is 91.6 Å². The molecule has 0 aromatic carbocycles. The number of aliphatic hydroxyl groups is 1.